The zero-order chi connectivity index (χ0) is 22.7. The molecule has 0 unspecified atom stereocenters. The van der Waals surface area contributed by atoms with Gasteiger partial charge in [-0.15, -0.1) is 0 Å². The van der Waals surface area contributed by atoms with Crippen LogP contribution in [0.5, 0.6) is 0 Å². The second-order valence-corrected chi connectivity index (χ2v) is 9.32. The number of rotatable bonds is 5. The Morgan fingerprint density at radius 2 is 1.91 bits per heavy atom. The van der Waals surface area contributed by atoms with Gasteiger partial charge in [-0.25, -0.2) is 0 Å². The molecule has 2 aliphatic rings. The molecule has 0 radical (unpaired) electrons. The summed E-state index contributed by atoms with van der Waals surface area (Å²) in [6, 6.07) is 18.7. The fourth-order valence-electron chi connectivity index (χ4n) is 5.40. The van der Waals surface area contributed by atoms with Crippen LogP contribution in [-0.2, 0) is 21.4 Å². The van der Waals surface area contributed by atoms with E-state index in [1.54, 1.807) is 0 Å². The third-order valence-corrected chi connectivity index (χ3v) is 7.11. The normalized spacial score (nSPS) is 20.0. The average Bonchev–Trinajstić information content (AvgIpc) is 3.35. The predicted molar refractivity (Wildman–Crippen MR) is 128 cm³/mol. The first-order chi connectivity index (χ1) is 16.2. The third-order valence-electron chi connectivity index (χ3n) is 7.11. The maximum atomic E-state index is 14.1. The number of aryl methyl sites for hydroxylation is 1. The number of benzene rings is 2. The molecule has 3 aromatic rings. The molecule has 0 aliphatic carbocycles. The first kappa shape index (κ1) is 21.8. The molecule has 5 heteroatoms. The van der Waals surface area contributed by atoms with E-state index in [2.05, 4.69) is 53.2 Å². The van der Waals surface area contributed by atoms with Crippen LogP contribution < -0.4 is 0 Å². The van der Waals surface area contributed by atoms with E-state index in [4.69, 9.17) is 9.72 Å². The van der Waals surface area contributed by atoms with Gasteiger partial charge in [0.2, 0.25) is 5.91 Å². The molecule has 5 rings (SSSR count). The van der Waals surface area contributed by atoms with Crippen LogP contribution in [0.15, 0.2) is 67.0 Å². The fraction of sp³-hybridized carbons (Fsp3) is 0.393. The molecule has 1 amide bonds. The van der Waals surface area contributed by atoms with Gasteiger partial charge < -0.3 is 9.64 Å². The molecule has 5 nitrogen and oxygen atoms in total. The summed E-state index contributed by atoms with van der Waals surface area (Å²) >= 11 is 0. The SMILES string of the molecule is Cc1cccc(Cc2cncc([C@@H]3CCCN3C(=O)C3(c4ccccc4)CCOCC3)n2)c1. The second-order valence-electron chi connectivity index (χ2n) is 9.32. The Labute approximate surface area is 195 Å². The lowest BCUT2D eigenvalue weighted by atomic mass is 9.73. The van der Waals surface area contributed by atoms with Crippen molar-refractivity contribution in [2.24, 2.45) is 0 Å². The molecule has 1 atom stereocenters. The third kappa shape index (κ3) is 4.42. The first-order valence-corrected chi connectivity index (χ1v) is 12.0. The smallest absolute Gasteiger partial charge is 0.233 e. The van der Waals surface area contributed by atoms with Gasteiger partial charge in [-0.2, -0.15) is 0 Å². The van der Waals surface area contributed by atoms with E-state index in [-0.39, 0.29) is 11.9 Å². The molecule has 2 fully saturated rings. The first-order valence-electron chi connectivity index (χ1n) is 12.0. The second kappa shape index (κ2) is 9.44. The van der Waals surface area contributed by atoms with Crippen molar-refractivity contribution in [3.8, 4) is 0 Å². The van der Waals surface area contributed by atoms with Crippen molar-refractivity contribution >= 4 is 5.91 Å². The number of ether oxygens (including phenoxy) is 1. The number of hydrogen-bond donors (Lipinski definition) is 0. The molecule has 33 heavy (non-hydrogen) atoms. The van der Waals surface area contributed by atoms with Gasteiger partial charge in [0.15, 0.2) is 0 Å². The number of amides is 1. The lowest BCUT2D eigenvalue weighted by Gasteiger charge is -2.40. The molecule has 170 valence electrons. The number of likely N-dealkylation sites (tertiary alicyclic amines) is 1. The van der Waals surface area contributed by atoms with Crippen LogP contribution in [0.25, 0.3) is 0 Å². The van der Waals surface area contributed by atoms with E-state index in [9.17, 15) is 4.79 Å². The summed E-state index contributed by atoms with van der Waals surface area (Å²) in [4.78, 5) is 25.7. The Kier molecular flexibility index (Phi) is 6.23. The van der Waals surface area contributed by atoms with Crippen molar-refractivity contribution in [2.75, 3.05) is 19.8 Å². The highest BCUT2D eigenvalue weighted by atomic mass is 16.5. The average molecular weight is 442 g/mol. The topological polar surface area (TPSA) is 55.3 Å². The maximum absolute atomic E-state index is 14.1. The summed E-state index contributed by atoms with van der Waals surface area (Å²) in [5.41, 5.74) is 4.90. The van der Waals surface area contributed by atoms with Crippen molar-refractivity contribution in [3.63, 3.8) is 0 Å². The number of hydrogen-bond acceptors (Lipinski definition) is 4. The molecule has 3 heterocycles. The minimum atomic E-state index is -0.519. The van der Waals surface area contributed by atoms with Gasteiger partial charge >= 0.3 is 0 Å². The summed E-state index contributed by atoms with van der Waals surface area (Å²) in [5.74, 6) is 0.213. The van der Waals surface area contributed by atoms with Gasteiger partial charge in [0.1, 0.15) is 0 Å². The van der Waals surface area contributed by atoms with Gasteiger partial charge in [0, 0.05) is 32.4 Å². The van der Waals surface area contributed by atoms with Crippen LogP contribution in [0.1, 0.15) is 59.8 Å². The molecule has 2 aliphatic heterocycles. The van der Waals surface area contributed by atoms with Crippen molar-refractivity contribution in [3.05, 3.63) is 95.1 Å². The van der Waals surface area contributed by atoms with Crippen molar-refractivity contribution < 1.29 is 9.53 Å². The molecule has 2 aromatic carbocycles. The van der Waals surface area contributed by atoms with Gasteiger partial charge in [-0.1, -0.05) is 60.2 Å². The van der Waals surface area contributed by atoms with Crippen LogP contribution in [0, 0.1) is 6.92 Å². The number of carbonyl (C=O) groups is 1. The molecule has 2 saturated heterocycles. The molecular weight excluding hydrogens is 410 g/mol. The van der Waals surface area contributed by atoms with Gasteiger partial charge in [0.05, 0.1) is 29.0 Å². The van der Waals surface area contributed by atoms with Crippen molar-refractivity contribution in [1.82, 2.24) is 14.9 Å². The van der Waals surface area contributed by atoms with Crippen LogP contribution in [0.3, 0.4) is 0 Å². The van der Waals surface area contributed by atoms with Crippen LogP contribution in [0.4, 0.5) is 0 Å². The highest BCUT2D eigenvalue weighted by Crippen LogP contribution is 2.41. The van der Waals surface area contributed by atoms with E-state index >= 15 is 0 Å². The summed E-state index contributed by atoms with van der Waals surface area (Å²) in [5, 5.41) is 0. The van der Waals surface area contributed by atoms with Crippen molar-refractivity contribution in [2.45, 2.75) is 50.5 Å². The minimum Gasteiger partial charge on any atom is -0.381 e. The van der Waals surface area contributed by atoms with Crippen LogP contribution in [0.2, 0.25) is 0 Å². The Morgan fingerprint density at radius 3 is 2.70 bits per heavy atom. The molecular formula is C28H31N3O2. The standard InChI is InChI=1S/C28H31N3O2/c1-21-7-5-8-22(17-21)18-24-19-29-20-25(30-24)26-11-6-14-31(26)27(32)28(12-15-33-16-13-28)23-9-3-2-4-10-23/h2-5,7-10,17,19-20,26H,6,11-16,18H2,1H3/t26-/m0/s1. The lowest BCUT2D eigenvalue weighted by molar-refractivity contribution is -0.142. The van der Waals surface area contributed by atoms with E-state index in [1.165, 1.54) is 11.1 Å². The summed E-state index contributed by atoms with van der Waals surface area (Å²) < 4.78 is 5.66. The zero-order valence-corrected chi connectivity index (χ0v) is 19.2. The summed E-state index contributed by atoms with van der Waals surface area (Å²) in [6.07, 6.45) is 7.79. The van der Waals surface area contributed by atoms with Gasteiger partial charge in [0.25, 0.3) is 0 Å². The van der Waals surface area contributed by atoms with Crippen LogP contribution >= 0.6 is 0 Å². The maximum Gasteiger partial charge on any atom is 0.233 e. The Morgan fingerprint density at radius 1 is 1.09 bits per heavy atom. The van der Waals surface area contributed by atoms with Crippen LogP contribution in [-0.4, -0.2) is 40.5 Å². The molecule has 1 aromatic heterocycles. The Hall–Kier alpha value is -3.05. The summed E-state index contributed by atoms with van der Waals surface area (Å²) in [7, 11) is 0. The molecule has 0 spiro atoms. The fourth-order valence-corrected chi connectivity index (χ4v) is 5.40. The number of nitrogens with zero attached hydrogens (tertiary/aromatic N) is 3. The highest BCUT2D eigenvalue weighted by molar-refractivity contribution is 5.89. The predicted octanol–water partition coefficient (Wildman–Crippen LogP) is 4.79. The largest absolute Gasteiger partial charge is 0.381 e. The summed E-state index contributed by atoms with van der Waals surface area (Å²) in [6.45, 7) is 4.10. The monoisotopic (exact) mass is 441 g/mol. The number of carbonyl (C=O) groups excluding carboxylic acids is 1. The minimum absolute atomic E-state index is 0.0223. The van der Waals surface area contributed by atoms with Crippen molar-refractivity contribution in [1.29, 1.82) is 0 Å². The van der Waals surface area contributed by atoms with E-state index in [0.29, 0.717) is 13.2 Å². The van der Waals surface area contributed by atoms with E-state index in [0.717, 1.165) is 55.6 Å². The quantitative estimate of drug-likeness (QED) is 0.571. The highest BCUT2D eigenvalue weighted by Gasteiger charge is 2.47. The molecule has 0 saturated carbocycles. The van der Waals surface area contributed by atoms with Gasteiger partial charge in [-0.3, -0.25) is 14.8 Å². The molecule has 0 bridgehead atoms. The Bertz CT molecular complexity index is 1110. The molecule has 0 N–H and O–H groups in total. The lowest BCUT2D eigenvalue weighted by Crippen LogP contribution is -2.49. The van der Waals surface area contributed by atoms with E-state index < -0.39 is 5.41 Å². The van der Waals surface area contributed by atoms with E-state index in [1.807, 2.05) is 30.6 Å². The zero-order valence-electron chi connectivity index (χ0n) is 19.2. The number of aromatic nitrogens is 2. The Balaban J connectivity index is 1.42. The van der Waals surface area contributed by atoms with Gasteiger partial charge in [-0.05, 0) is 43.7 Å².